The first-order valence-corrected chi connectivity index (χ1v) is 3.19. The molecule has 0 spiro atoms. The van der Waals surface area contributed by atoms with Gasteiger partial charge in [-0.3, -0.25) is 9.90 Å². The minimum Gasteiger partial charge on any atom is -0.288 e. The highest BCUT2D eigenvalue weighted by molar-refractivity contribution is 6.39. The lowest BCUT2D eigenvalue weighted by Crippen LogP contribution is -2.25. The molecule has 1 radical (unpaired) electrons. The third-order valence-electron chi connectivity index (χ3n) is 1.36. The van der Waals surface area contributed by atoms with Crippen molar-refractivity contribution >= 4 is 17.9 Å². The minimum absolute atomic E-state index is 0.447. The molecule has 1 atom stereocenters. The van der Waals surface area contributed by atoms with Crippen molar-refractivity contribution in [1.82, 2.24) is 0 Å². The third-order valence-corrected chi connectivity index (χ3v) is 1.36. The van der Waals surface area contributed by atoms with E-state index in [0.29, 0.717) is 6.42 Å². The number of hydrogen-bond acceptors (Lipinski definition) is 3. The Kier molecular flexibility index (Phi) is 2.15. The first-order chi connectivity index (χ1) is 5.25. The van der Waals surface area contributed by atoms with Crippen molar-refractivity contribution in [2.75, 3.05) is 0 Å². The number of carbonyl (C=O) groups excluding carboxylic acids is 1. The van der Waals surface area contributed by atoms with Gasteiger partial charge < -0.3 is 0 Å². The zero-order valence-electron chi connectivity index (χ0n) is 5.86. The normalized spacial score (nSPS) is 23.1. The Morgan fingerprint density at radius 1 is 1.73 bits per heavy atom. The van der Waals surface area contributed by atoms with Gasteiger partial charge in [0.25, 0.3) is 0 Å². The van der Waals surface area contributed by atoms with E-state index in [-0.39, 0.29) is 0 Å². The molecule has 11 heavy (non-hydrogen) atoms. The van der Waals surface area contributed by atoms with Crippen molar-refractivity contribution < 1.29 is 9.90 Å². The molecule has 1 heterocycles. The van der Waals surface area contributed by atoms with E-state index in [0.717, 1.165) is 0 Å². The third kappa shape index (κ3) is 1.52. The van der Waals surface area contributed by atoms with Crippen molar-refractivity contribution in [2.24, 2.45) is 16.1 Å². The fourth-order valence-electron chi connectivity index (χ4n) is 0.789. The number of ketones is 1. The number of carbonyl (C=O) groups is 1. The molecule has 1 aliphatic heterocycles. The molecular weight excluding hydrogens is 144 g/mol. The Labute approximate surface area is 64.0 Å². The quantitative estimate of drug-likeness (QED) is 0.532. The maximum Gasteiger partial charge on any atom is 0.332 e. The summed E-state index contributed by atoms with van der Waals surface area (Å²) in [7, 11) is 0. The molecule has 0 amide bonds. The van der Waals surface area contributed by atoms with Gasteiger partial charge in [0.15, 0.2) is 0 Å². The van der Waals surface area contributed by atoms with E-state index in [1.54, 1.807) is 6.08 Å². The van der Waals surface area contributed by atoms with Crippen LogP contribution < -0.4 is 0 Å². The molecule has 0 N–H and O–H groups in total. The Morgan fingerprint density at radius 3 is 3.09 bits per heavy atom. The second-order valence-electron chi connectivity index (χ2n) is 2.16. The highest BCUT2D eigenvalue weighted by Gasteiger charge is 2.24. The standard InChI is InChI=1S/C7H7N2O2/c1-2-3-5-4-8-9-7(11)6(5)10/h2,4-5H,1,3H2. The van der Waals surface area contributed by atoms with Gasteiger partial charge in [-0.2, -0.15) is 5.10 Å². The lowest BCUT2D eigenvalue weighted by molar-refractivity contribution is -0.116. The van der Waals surface area contributed by atoms with Gasteiger partial charge in [-0.05, 0) is 6.42 Å². The second kappa shape index (κ2) is 3.09. The van der Waals surface area contributed by atoms with E-state index in [4.69, 9.17) is 0 Å². The van der Waals surface area contributed by atoms with Crippen molar-refractivity contribution in [3.8, 4) is 0 Å². The molecule has 0 saturated heterocycles. The Morgan fingerprint density at radius 2 is 2.45 bits per heavy atom. The maximum absolute atomic E-state index is 10.9. The van der Waals surface area contributed by atoms with Crippen LogP contribution in [0.3, 0.4) is 0 Å². The topological polar surface area (TPSA) is 61.7 Å². The SMILES string of the molecule is C=CCC1C=NN=C([O])C1=O. The van der Waals surface area contributed by atoms with Crippen LogP contribution in [-0.4, -0.2) is 17.9 Å². The maximum atomic E-state index is 10.9. The van der Waals surface area contributed by atoms with Crippen LogP contribution in [0.5, 0.6) is 0 Å². The molecule has 4 nitrogen and oxygen atoms in total. The van der Waals surface area contributed by atoms with E-state index < -0.39 is 17.6 Å². The summed E-state index contributed by atoms with van der Waals surface area (Å²) < 4.78 is 0. The summed E-state index contributed by atoms with van der Waals surface area (Å²) in [6.07, 6.45) is 3.39. The van der Waals surface area contributed by atoms with E-state index in [2.05, 4.69) is 16.8 Å². The number of nitrogens with zero attached hydrogens (tertiary/aromatic N) is 2. The van der Waals surface area contributed by atoms with Gasteiger partial charge in [0.1, 0.15) is 0 Å². The fraction of sp³-hybridized carbons (Fsp3) is 0.286. The zero-order valence-corrected chi connectivity index (χ0v) is 5.86. The number of hydrogen-bond donors (Lipinski definition) is 0. The number of Topliss-reactive ketones (excluding diaryl/α,β-unsaturated/α-hetero) is 1. The highest BCUT2D eigenvalue weighted by atomic mass is 16.3. The molecular formula is C7H7N2O2. The second-order valence-corrected chi connectivity index (χ2v) is 2.16. The minimum atomic E-state index is -0.764. The summed E-state index contributed by atoms with van der Waals surface area (Å²) in [5.41, 5.74) is 0. The van der Waals surface area contributed by atoms with E-state index >= 15 is 0 Å². The molecule has 1 rings (SSSR count). The predicted octanol–water partition coefficient (Wildman–Crippen LogP) is 0.576. The smallest absolute Gasteiger partial charge is 0.288 e. The van der Waals surface area contributed by atoms with Crippen LogP contribution in [0.25, 0.3) is 0 Å². The molecule has 1 aliphatic rings. The van der Waals surface area contributed by atoms with Crippen molar-refractivity contribution in [3.05, 3.63) is 12.7 Å². The molecule has 0 bridgehead atoms. The van der Waals surface area contributed by atoms with Crippen LogP contribution in [0.4, 0.5) is 0 Å². The van der Waals surface area contributed by atoms with Gasteiger partial charge in [0, 0.05) is 6.21 Å². The predicted molar refractivity (Wildman–Crippen MR) is 39.9 cm³/mol. The summed E-state index contributed by atoms with van der Waals surface area (Å²) in [4.78, 5) is 10.9. The van der Waals surface area contributed by atoms with E-state index in [1.807, 2.05) is 0 Å². The summed E-state index contributed by atoms with van der Waals surface area (Å²) >= 11 is 0. The molecule has 0 aromatic rings. The first kappa shape index (κ1) is 7.65. The van der Waals surface area contributed by atoms with Crippen LogP contribution in [0.15, 0.2) is 22.9 Å². The first-order valence-electron chi connectivity index (χ1n) is 3.19. The van der Waals surface area contributed by atoms with Gasteiger partial charge >= 0.3 is 5.90 Å². The molecule has 0 fully saturated rings. The molecule has 57 valence electrons. The zero-order chi connectivity index (χ0) is 8.27. The molecule has 4 heteroatoms. The van der Waals surface area contributed by atoms with Gasteiger partial charge in [0.2, 0.25) is 5.78 Å². The lowest BCUT2D eigenvalue weighted by Gasteiger charge is -2.06. The molecule has 0 saturated carbocycles. The lowest BCUT2D eigenvalue weighted by atomic mass is 10.0. The summed E-state index contributed by atoms with van der Waals surface area (Å²) in [5.74, 6) is -1.71. The highest BCUT2D eigenvalue weighted by Crippen LogP contribution is 2.07. The summed E-state index contributed by atoms with van der Waals surface area (Å²) in [6, 6.07) is 0. The van der Waals surface area contributed by atoms with E-state index in [9.17, 15) is 9.90 Å². The molecule has 0 aromatic heterocycles. The Bertz CT molecular complexity index is 243. The Hall–Kier alpha value is -1.45. The Balaban J connectivity index is 2.73. The average molecular weight is 151 g/mol. The van der Waals surface area contributed by atoms with Gasteiger partial charge in [-0.1, -0.05) is 6.08 Å². The van der Waals surface area contributed by atoms with Crippen LogP contribution in [-0.2, 0) is 9.90 Å². The largest absolute Gasteiger partial charge is 0.332 e. The molecule has 0 aliphatic carbocycles. The van der Waals surface area contributed by atoms with Gasteiger partial charge in [-0.25, -0.2) is 0 Å². The van der Waals surface area contributed by atoms with Crippen molar-refractivity contribution in [1.29, 1.82) is 0 Å². The van der Waals surface area contributed by atoms with Crippen LogP contribution in [0, 0.1) is 5.92 Å². The average Bonchev–Trinajstić information content (AvgIpc) is 1.99. The fourth-order valence-corrected chi connectivity index (χ4v) is 0.789. The van der Waals surface area contributed by atoms with Crippen LogP contribution in [0.2, 0.25) is 0 Å². The monoisotopic (exact) mass is 151 g/mol. The van der Waals surface area contributed by atoms with Gasteiger partial charge in [-0.15, -0.1) is 11.7 Å². The summed E-state index contributed by atoms with van der Waals surface area (Å²) in [5, 5.41) is 17.1. The number of allylic oxidation sites excluding steroid dienone is 1. The van der Waals surface area contributed by atoms with Crippen molar-refractivity contribution in [3.63, 3.8) is 0 Å². The van der Waals surface area contributed by atoms with Crippen molar-refractivity contribution in [2.45, 2.75) is 6.42 Å². The molecule has 1 unspecified atom stereocenters. The van der Waals surface area contributed by atoms with Gasteiger partial charge in [0.05, 0.1) is 5.92 Å². The summed E-state index contributed by atoms with van der Waals surface area (Å²) in [6.45, 7) is 3.46. The number of rotatable bonds is 2. The van der Waals surface area contributed by atoms with E-state index in [1.165, 1.54) is 6.21 Å². The van der Waals surface area contributed by atoms with Crippen LogP contribution >= 0.6 is 0 Å². The molecule has 0 aromatic carbocycles. The van der Waals surface area contributed by atoms with Crippen LogP contribution in [0.1, 0.15) is 6.42 Å².